The van der Waals surface area contributed by atoms with E-state index in [1.54, 1.807) is 36.4 Å². The van der Waals surface area contributed by atoms with Gasteiger partial charge < -0.3 is 16.2 Å². The predicted molar refractivity (Wildman–Crippen MR) is 71.3 cm³/mol. The van der Waals surface area contributed by atoms with Crippen molar-refractivity contribution in [1.29, 1.82) is 0 Å². The number of benzene rings is 2. The van der Waals surface area contributed by atoms with Crippen molar-refractivity contribution in [1.82, 2.24) is 0 Å². The molecule has 0 aliphatic carbocycles. The fraction of sp³-hybridized carbons (Fsp3) is 0.0714. The number of nitrogens with two attached hydrogens (primary N) is 1. The second-order valence-electron chi connectivity index (χ2n) is 3.99. The molecule has 0 aliphatic heterocycles. The van der Waals surface area contributed by atoms with E-state index in [0.717, 1.165) is 5.56 Å². The Bertz CT molecular complexity index is 567. The summed E-state index contributed by atoms with van der Waals surface area (Å²) < 4.78 is 0. The molecule has 0 atom stereocenters. The highest BCUT2D eigenvalue weighted by Crippen LogP contribution is 2.21. The highest BCUT2D eigenvalue weighted by molar-refractivity contribution is 5.93. The van der Waals surface area contributed by atoms with Crippen LogP contribution in [0.15, 0.2) is 48.5 Å². The van der Waals surface area contributed by atoms with Crippen molar-refractivity contribution in [3.8, 4) is 5.75 Å². The van der Waals surface area contributed by atoms with Crippen LogP contribution in [0, 0.1) is 0 Å². The van der Waals surface area contributed by atoms with Crippen molar-refractivity contribution in [3.05, 3.63) is 54.1 Å². The first-order valence-electron chi connectivity index (χ1n) is 5.57. The number of nitrogen functional groups attached to an aromatic ring is 1. The molecule has 0 saturated carbocycles. The molecule has 2 aromatic rings. The second-order valence-corrected chi connectivity index (χ2v) is 3.99. The summed E-state index contributed by atoms with van der Waals surface area (Å²) in [7, 11) is 0. The Balaban J connectivity index is 2.03. The van der Waals surface area contributed by atoms with E-state index in [4.69, 9.17) is 5.73 Å². The summed E-state index contributed by atoms with van der Waals surface area (Å²) >= 11 is 0. The Labute approximate surface area is 105 Å². The number of carbonyl (C=O) groups is 1. The molecule has 0 unspecified atom stereocenters. The average Bonchev–Trinajstić information content (AvgIpc) is 2.32. The minimum atomic E-state index is -0.192. The molecule has 2 aromatic carbocycles. The molecule has 92 valence electrons. The number of hydrogen-bond donors (Lipinski definition) is 3. The highest BCUT2D eigenvalue weighted by atomic mass is 16.3. The van der Waals surface area contributed by atoms with Gasteiger partial charge in [0.2, 0.25) is 5.91 Å². The van der Waals surface area contributed by atoms with Crippen molar-refractivity contribution in [3.63, 3.8) is 0 Å². The van der Waals surface area contributed by atoms with E-state index >= 15 is 0 Å². The topological polar surface area (TPSA) is 75.4 Å². The van der Waals surface area contributed by atoms with Gasteiger partial charge in [-0.3, -0.25) is 4.79 Å². The van der Waals surface area contributed by atoms with Crippen LogP contribution in [0.5, 0.6) is 5.75 Å². The van der Waals surface area contributed by atoms with Crippen molar-refractivity contribution in [2.45, 2.75) is 6.42 Å². The number of anilines is 2. The molecule has 4 nitrogen and oxygen atoms in total. The number of rotatable bonds is 3. The molecule has 0 saturated heterocycles. The van der Waals surface area contributed by atoms with Crippen LogP contribution in [0.2, 0.25) is 0 Å². The summed E-state index contributed by atoms with van der Waals surface area (Å²) in [6, 6.07) is 13.8. The SMILES string of the molecule is Nc1cccc(CC(=O)Nc2ccccc2O)c1. The number of phenolic OH excluding ortho intramolecular Hbond substituents is 1. The third kappa shape index (κ3) is 3.01. The van der Waals surface area contributed by atoms with E-state index < -0.39 is 0 Å². The average molecular weight is 242 g/mol. The summed E-state index contributed by atoms with van der Waals surface area (Å²) in [6.07, 6.45) is 0.222. The third-order valence-corrected chi connectivity index (χ3v) is 2.49. The van der Waals surface area contributed by atoms with Crippen LogP contribution in [0.3, 0.4) is 0 Å². The number of amides is 1. The lowest BCUT2D eigenvalue weighted by atomic mass is 10.1. The summed E-state index contributed by atoms with van der Waals surface area (Å²) in [5.74, 6) is -0.138. The van der Waals surface area contributed by atoms with Crippen LogP contribution in [0.1, 0.15) is 5.56 Å². The lowest BCUT2D eigenvalue weighted by molar-refractivity contribution is -0.115. The van der Waals surface area contributed by atoms with Crippen molar-refractivity contribution < 1.29 is 9.90 Å². The summed E-state index contributed by atoms with van der Waals surface area (Å²) in [4.78, 5) is 11.8. The minimum Gasteiger partial charge on any atom is -0.506 e. The first-order chi connectivity index (χ1) is 8.65. The fourth-order valence-corrected chi connectivity index (χ4v) is 1.66. The maximum Gasteiger partial charge on any atom is 0.228 e. The molecule has 0 bridgehead atoms. The Morgan fingerprint density at radius 3 is 2.67 bits per heavy atom. The smallest absolute Gasteiger partial charge is 0.228 e. The number of aromatic hydroxyl groups is 1. The van der Waals surface area contributed by atoms with Crippen LogP contribution in [0.25, 0.3) is 0 Å². The summed E-state index contributed by atoms with van der Waals surface area (Å²) in [5, 5.41) is 12.2. The van der Waals surface area contributed by atoms with Gasteiger partial charge in [-0.1, -0.05) is 24.3 Å². The number of phenols is 1. The van der Waals surface area contributed by atoms with Gasteiger partial charge in [-0.2, -0.15) is 0 Å². The molecule has 0 spiro atoms. The zero-order valence-corrected chi connectivity index (χ0v) is 9.76. The molecule has 2 rings (SSSR count). The number of hydrogen-bond acceptors (Lipinski definition) is 3. The van der Waals surface area contributed by atoms with Gasteiger partial charge in [-0.15, -0.1) is 0 Å². The lowest BCUT2D eigenvalue weighted by Gasteiger charge is -2.07. The number of nitrogens with one attached hydrogen (secondary N) is 1. The second kappa shape index (κ2) is 5.23. The van der Waals surface area contributed by atoms with Crippen LogP contribution >= 0.6 is 0 Å². The van der Waals surface area contributed by atoms with Crippen molar-refractivity contribution in [2.75, 3.05) is 11.1 Å². The zero-order chi connectivity index (χ0) is 13.0. The molecule has 18 heavy (non-hydrogen) atoms. The molecule has 1 amide bonds. The first kappa shape index (κ1) is 12.0. The van der Waals surface area contributed by atoms with Gasteiger partial charge >= 0.3 is 0 Å². The Morgan fingerprint density at radius 1 is 1.17 bits per heavy atom. The quantitative estimate of drug-likeness (QED) is 0.570. The molecule has 0 heterocycles. The lowest BCUT2D eigenvalue weighted by Crippen LogP contribution is -2.14. The maximum absolute atomic E-state index is 11.8. The van der Waals surface area contributed by atoms with Gasteiger partial charge in [0.05, 0.1) is 12.1 Å². The van der Waals surface area contributed by atoms with Crippen LogP contribution in [-0.2, 0) is 11.2 Å². The van der Waals surface area contributed by atoms with E-state index in [1.165, 1.54) is 6.07 Å². The summed E-state index contributed by atoms with van der Waals surface area (Å²) in [5.41, 5.74) is 7.51. The Kier molecular flexibility index (Phi) is 3.48. The highest BCUT2D eigenvalue weighted by Gasteiger charge is 2.06. The minimum absolute atomic E-state index is 0.0541. The van der Waals surface area contributed by atoms with E-state index in [-0.39, 0.29) is 18.1 Å². The van der Waals surface area contributed by atoms with Crippen molar-refractivity contribution in [2.24, 2.45) is 0 Å². The Hall–Kier alpha value is -2.49. The molecule has 4 heteroatoms. The fourth-order valence-electron chi connectivity index (χ4n) is 1.66. The van der Waals surface area contributed by atoms with Gasteiger partial charge in [-0.05, 0) is 29.8 Å². The van der Waals surface area contributed by atoms with Crippen LogP contribution < -0.4 is 11.1 Å². The largest absolute Gasteiger partial charge is 0.506 e. The maximum atomic E-state index is 11.8. The molecule has 0 aromatic heterocycles. The third-order valence-electron chi connectivity index (χ3n) is 2.49. The first-order valence-corrected chi connectivity index (χ1v) is 5.57. The summed E-state index contributed by atoms with van der Waals surface area (Å²) in [6.45, 7) is 0. The normalized spacial score (nSPS) is 10.0. The zero-order valence-electron chi connectivity index (χ0n) is 9.76. The van der Waals surface area contributed by atoms with E-state index in [1.807, 2.05) is 6.07 Å². The van der Waals surface area contributed by atoms with E-state index in [0.29, 0.717) is 11.4 Å². The van der Waals surface area contributed by atoms with Gasteiger partial charge in [0.15, 0.2) is 0 Å². The van der Waals surface area contributed by atoms with Gasteiger partial charge in [-0.25, -0.2) is 0 Å². The van der Waals surface area contributed by atoms with Gasteiger partial charge in [0.25, 0.3) is 0 Å². The van der Waals surface area contributed by atoms with E-state index in [2.05, 4.69) is 5.32 Å². The predicted octanol–water partition coefficient (Wildman–Crippen LogP) is 2.16. The van der Waals surface area contributed by atoms with E-state index in [9.17, 15) is 9.90 Å². The number of carbonyl (C=O) groups excluding carboxylic acids is 1. The van der Waals surface area contributed by atoms with Crippen LogP contribution in [-0.4, -0.2) is 11.0 Å². The molecular weight excluding hydrogens is 228 g/mol. The van der Waals surface area contributed by atoms with Gasteiger partial charge in [0, 0.05) is 5.69 Å². The molecule has 4 N–H and O–H groups in total. The number of para-hydroxylation sites is 2. The molecule has 0 fully saturated rings. The van der Waals surface area contributed by atoms with Crippen molar-refractivity contribution >= 4 is 17.3 Å². The molecule has 0 radical (unpaired) electrons. The van der Waals surface area contributed by atoms with Crippen LogP contribution in [0.4, 0.5) is 11.4 Å². The standard InChI is InChI=1S/C14H14N2O2/c15-11-5-3-4-10(8-11)9-14(18)16-12-6-1-2-7-13(12)17/h1-8,17H,9,15H2,(H,16,18). The Morgan fingerprint density at radius 2 is 1.94 bits per heavy atom. The van der Waals surface area contributed by atoms with Gasteiger partial charge in [0.1, 0.15) is 5.75 Å². The molecular formula is C14H14N2O2. The monoisotopic (exact) mass is 242 g/mol. The molecule has 0 aliphatic rings.